The van der Waals surface area contributed by atoms with Crippen LogP contribution in [0.15, 0.2) is 90.1 Å². The molecule has 0 saturated carbocycles. The molecule has 3 N–H and O–H groups in total. The van der Waals surface area contributed by atoms with Crippen LogP contribution in [0, 0.1) is 0 Å². The van der Waals surface area contributed by atoms with Crippen LogP contribution in [-0.2, 0) is 16.0 Å². The minimum atomic E-state index is -4.56. The Morgan fingerprint density at radius 3 is 2.02 bits per heavy atom. The molecule has 1 saturated heterocycles. The number of anilines is 4. The van der Waals surface area contributed by atoms with Crippen molar-refractivity contribution in [2.75, 3.05) is 41.3 Å². The van der Waals surface area contributed by atoms with Crippen LogP contribution in [0.4, 0.5) is 36.2 Å². The van der Waals surface area contributed by atoms with Gasteiger partial charge in [-0.25, -0.2) is 18.4 Å². The number of alkyl halides is 3. The van der Waals surface area contributed by atoms with E-state index in [9.17, 15) is 31.2 Å². The number of benzene rings is 3. The van der Waals surface area contributed by atoms with Crippen LogP contribution in [0.25, 0.3) is 0 Å². The number of nitrogens with zero attached hydrogens (tertiary/aromatic N) is 3. The van der Waals surface area contributed by atoms with Crippen LogP contribution in [0.3, 0.4) is 0 Å². The van der Waals surface area contributed by atoms with Gasteiger partial charge in [0, 0.05) is 22.5 Å². The molecule has 4 aromatic rings. The van der Waals surface area contributed by atoms with Crippen molar-refractivity contribution in [3.8, 4) is 0 Å². The number of hydrogen-bond donors (Lipinski definition) is 3. The molecule has 3 aromatic carbocycles. The van der Waals surface area contributed by atoms with Gasteiger partial charge in [-0.1, -0.05) is 12.1 Å². The Morgan fingerprint density at radius 2 is 1.39 bits per heavy atom. The summed E-state index contributed by atoms with van der Waals surface area (Å²) in [5.74, 6) is -0.942. The summed E-state index contributed by atoms with van der Waals surface area (Å²) in [4.78, 5) is 36.4. The lowest BCUT2D eigenvalue weighted by molar-refractivity contribution is -0.137. The maximum Gasteiger partial charge on any atom is 0.416 e. The van der Waals surface area contributed by atoms with Gasteiger partial charge in [0.15, 0.2) is 9.84 Å². The Balaban J connectivity index is 1.14. The zero-order chi connectivity index (χ0) is 32.7. The fourth-order valence-corrected chi connectivity index (χ4v) is 6.21. The van der Waals surface area contributed by atoms with Crippen molar-refractivity contribution in [3.63, 3.8) is 0 Å². The molecule has 14 heteroatoms. The molecule has 0 spiro atoms. The third-order valence-corrected chi connectivity index (χ3v) is 9.12. The van der Waals surface area contributed by atoms with Crippen molar-refractivity contribution >= 4 is 44.7 Å². The van der Waals surface area contributed by atoms with E-state index >= 15 is 0 Å². The number of sulfone groups is 1. The highest BCUT2D eigenvalue weighted by molar-refractivity contribution is 7.91. The summed E-state index contributed by atoms with van der Waals surface area (Å²) < 4.78 is 64.4. The number of nitrogens with one attached hydrogen (secondary N) is 3. The summed E-state index contributed by atoms with van der Waals surface area (Å²) in [7, 11) is -3.40. The van der Waals surface area contributed by atoms with Crippen LogP contribution in [0.2, 0.25) is 0 Å². The van der Waals surface area contributed by atoms with Gasteiger partial charge in [-0.2, -0.15) is 13.2 Å². The number of likely N-dealkylation sites (tertiary alicyclic amines) is 1. The third-order valence-electron chi connectivity index (χ3n) is 7.30. The molecule has 240 valence electrons. The van der Waals surface area contributed by atoms with Crippen molar-refractivity contribution < 1.29 is 31.2 Å². The molecular formula is C32H31F3N6O4S. The van der Waals surface area contributed by atoms with E-state index in [1.54, 1.807) is 12.1 Å². The molecule has 5 rings (SSSR count). The minimum absolute atomic E-state index is 0.0372. The quantitative estimate of drug-likeness (QED) is 0.180. The SMILES string of the molecule is O=C(Nc1cnc(Nc2ccc(S(=O)(=O)CCCN3CCCC3)cc2)nc1)c1cccc(C(=O)Nc2cccc(C(F)(F)F)c2)c1. The first kappa shape index (κ1) is 32.6. The van der Waals surface area contributed by atoms with E-state index in [0.717, 1.165) is 44.6 Å². The van der Waals surface area contributed by atoms with Crippen LogP contribution in [0.5, 0.6) is 0 Å². The van der Waals surface area contributed by atoms with E-state index in [4.69, 9.17) is 0 Å². The first-order valence-corrected chi connectivity index (χ1v) is 16.2. The molecule has 2 heterocycles. The zero-order valence-electron chi connectivity index (χ0n) is 24.5. The van der Waals surface area contributed by atoms with Crippen LogP contribution in [-0.4, -0.2) is 60.5 Å². The second kappa shape index (κ2) is 14.1. The second-order valence-corrected chi connectivity index (χ2v) is 12.8. The second-order valence-electron chi connectivity index (χ2n) is 10.7. The van der Waals surface area contributed by atoms with Crippen LogP contribution < -0.4 is 16.0 Å². The molecule has 10 nitrogen and oxygen atoms in total. The van der Waals surface area contributed by atoms with Gasteiger partial charge in [-0.3, -0.25) is 9.59 Å². The number of aromatic nitrogens is 2. The lowest BCUT2D eigenvalue weighted by Gasteiger charge is -2.14. The topological polar surface area (TPSA) is 133 Å². The Morgan fingerprint density at radius 1 is 0.783 bits per heavy atom. The van der Waals surface area contributed by atoms with E-state index in [0.29, 0.717) is 12.1 Å². The average molecular weight is 653 g/mol. The van der Waals surface area contributed by atoms with Gasteiger partial charge in [-0.05, 0) is 99.6 Å². The molecule has 1 aromatic heterocycles. The smallest absolute Gasteiger partial charge is 0.324 e. The number of carbonyl (C=O) groups is 2. The monoisotopic (exact) mass is 652 g/mol. The summed E-state index contributed by atoms with van der Waals surface area (Å²) >= 11 is 0. The molecule has 0 radical (unpaired) electrons. The fraction of sp³-hybridized carbons (Fsp3) is 0.250. The fourth-order valence-electron chi connectivity index (χ4n) is 4.92. The Kier molecular flexibility index (Phi) is 9.97. The molecule has 1 aliphatic heterocycles. The normalized spacial score (nSPS) is 13.7. The van der Waals surface area contributed by atoms with Gasteiger partial charge in [0.25, 0.3) is 11.8 Å². The first-order valence-electron chi connectivity index (χ1n) is 14.5. The molecule has 0 atom stereocenters. The number of halogens is 3. The minimum Gasteiger partial charge on any atom is -0.324 e. The molecule has 46 heavy (non-hydrogen) atoms. The van der Waals surface area contributed by atoms with Crippen LogP contribution >= 0.6 is 0 Å². The van der Waals surface area contributed by atoms with Crippen molar-refractivity contribution in [1.82, 2.24) is 14.9 Å². The maximum atomic E-state index is 13.0. The van der Waals surface area contributed by atoms with Gasteiger partial charge >= 0.3 is 6.18 Å². The summed E-state index contributed by atoms with van der Waals surface area (Å²) in [6.45, 7) is 2.84. The van der Waals surface area contributed by atoms with Gasteiger partial charge in [-0.15, -0.1) is 0 Å². The largest absolute Gasteiger partial charge is 0.416 e. The first-order chi connectivity index (χ1) is 22.0. The van der Waals surface area contributed by atoms with Crippen molar-refractivity contribution in [2.45, 2.75) is 30.3 Å². The van der Waals surface area contributed by atoms with Gasteiger partial charge in [0.1, 0.15) is 0 Å². The molecule has 1 fully saturated rings. The van der Waals surface area contributed by atoms with Gasteiger partial charge in [0.2, 0.25) is 5.95 Å². The molecule has 0 unspecified atom stereocenters. The molecule has 2 amide bonds. The van der Waals surface area contributed by atoms with E-state index in [-0.39, 0.29) is 39.1 Å². The number of amides is 2. The summed E-state index contributed by atoms with van der Waals surface area (Å²) in [5.41, 5.74) is 0.110. The van der Waals surface area contributed by atoms with Gasteiger partial charge < -0.3 is 20.9 Å². The predicted molar refractivity (Wildman–Crippen MR) is 168 cm³/mol. The summed E-state index contributed by atoms with van der Waals surface area (Å²) in [6.07, 6.45) is 1.10. The van der Waals surface area contributed by atoms with E-state index < -0.39 is 33.4 Å². The highest BCUT2D eigenvalue weighted by atomic mass is 32.2. The molecule has 1 aliphatic rings. The molecular weight excluding hydrogens is 621 g/mol. The Hall–Kier alpha value is -4.82. The highest BCUT2D eigenvalue weighted by Crippen LogP contribution is 2.31. The number of rotatable bonds is 11. The average Bonchev–Trinajstić information content (AvgIpc) is 3.55. The Labute approximate surface area is 264 Å². The van der Waals surface area contributed by atoms with E-state index in [1.165, 1.54) is 60.9 Å². The molecule has 0 bridgehead atoms. The Bertz CT molecular complexity index is 1790. The highest BCUT2D eigenvalue weighted by Gasteiger charge is 2.30. The van der Waals surface area contributed by atoms with Crippen molar-refractivity contribution in [2.24, 2.45) is 0 Å². The zero-order valence-corrected chi connectivity index (χ0v) is 25.4. The third kappa shape index (κ3) is 8.67. The van der Waals surface area contributed by atoms with Crippen molar-refractivity contribution in [3.05, 3.63) is 102 Å². The lowest BCUT2D eigenvalue weighted by Crippen LogP contribution is -2.22. The number of hydrogen-bond acceptors (Lipinski definition) is 8. The lowest BCUT2D eigenvalue weighted by atomic mass is 10.1. The summed E-state index contributed by atoms with van der Waals surface area (Å²) in [6, 6.07) is 16.3. The van der Waals surface area contributed by atoms with Crippen molar-refractivity contribution in [1.29, 1.82) is 0 Å². The predicted octanol–water partition coefficient (Wildman–Crippen LogP) is 6.00. The van der Waals surface area contributed by atoms with E-state index in [2.05, 4.69) is 30.8 Å². The van der Waals surface area contributed by atoms with Gasteiger partial charge in [0.05, 0.1) is 34.3 Å². The maximum absolute atomic E-state index is 13.0. The standard InChI is InChI=1S/C32H31F3N6O4S/c33-32(34,35)24-8-4-9-26(19-24)38-29(42)22-6-3-7-23(18-22)30(43)39-27-20-36-31(37-21-27)40-25-10-12-28(13-11-25)46(44,45)17-5-16-41-14-1-2-15-41/h3-4,6-13,18-21H,1-2,5,14-17H2,(H,38,42)(H,39,43)(H,36,37,40). The summed E-state index contributed by atoms with van der Waals surface area (Å²) in [5, 5.41) is 8.02. The number of carbonyl (C=O) groups excluding carboxylic acids is 2. The van der Waals surface area contributed by atoms with E-state index in [1.807, 2.05) is 0 Å². The molecule has 0 aliphatic carbocycles. The van der Waals surface area contributed by atoms with Crippen LogP contribution in [0.1, 0.15) is 45.5 Å².